The molecule has 212 valence electrons. The van der Waals surface area contributed by atoms with Crippen LogP contribution in [0.15, 0.2) is 0 Å². The van der Waals surface area contributed by atoms with E-state index in [2.05, 4.69) is 10.6 Å². The van der Waals surface area contributed by atoms with Crippen molar-refractivity contribution >= 4 is 27.7 Å². The van der Waals surface area contributed by atoms with Crippen LogP contribution >= 0.6 is 0 Å². The minimum atomic E-state index is -3.56. The number of amides is 3. The molecule has 6 atom stereocenters. The molecule has 0 aromatic rings. The third kappa shape index (κ3) is 6.67. The number of carbonyl (C=O) groups is 3. The molecule has 2 heterocycles. The molecule has 1 saturated carbocycles. The first-order valence-corrected chi connectivity index (χ1v) is 15.9. The number of nitrogens with zero attached hydrogens (tertiary/aromatic N) is 2. The standard InChI is InChI=1S/C27H48N4O5S/c1-8-17(2)24(32)29-23(27(4,5)6)26(34)30-15-14-21-22(30)20(16-31(21)37(7,35)36)25(33)28-18(3)19-12-10-9-11-13-19/h17-23H,8-16H2,1-7H3,(H,28,33)(H,29,32)/t17-,18+,20+,21-,22-,23-/m1/s1. The number of fused-ring (bicyclic) bond motifs is 1. The van der Waals surface area contributed by atoms with Gasteiger partial charge in [-0.2, -0.15) is 4.31 Å². The van der Waals surface area contributed by atoms with E-state index in [0.717, 1.165) is 12.8 Å². The van der Waals surface area contributed by atoms with Crippen molar-refractivity contribution in [3.8, 4) is 0 Å². The highest BCUT2D eigenvalue weighted by molar-refractivity contribution is 7.88. The zero-order valence-electron chi connectivity index (χ0n) is 23.7. The van der Waals surface area contributed by atoms with Gasteiger partial charge in [0.15, 0.2) is 0 Å². The van der Waals surface area contributed by atoms with Crippen LogP contribution in [0.4, 0.5) is 0 Å². The van der Waals surface area contributed by atoms with Crippen molar-refractivity contribution in [1.29, 1.82) is 0 Å². The molecule has 0 aromatic carbocycles. The average Bonchev–Trinajstić information content (AvgIpc) is 3.41. The maximum absolute atomic E-state index is 14.0. The van der Waals surface area contributed by atoms with Gasteiger partial charge in [0.1, 0.15) is 6.04 Å². The number of carbonyl (C=O) groups excluding carboxylic acids is 3. The lowest BCUT2D eigenvalue weighted by atomic mass is 9.84. The van der Waals surface area contributed by atoms with Crippen molar-refractivity contribution < 1.29 is 22.8 Å². The SMILES string of the molecule is CC[C@@H](C)C(=O)N[C@H](C(=O)N1CC[C@@H]2[C@H]1[C@@H](C(=O)N[C@@H](C)C1CCCCC1)CN2S(C)(=O)=O)C(C)(C)C. The van der Waals surface area contributed by atoms with Gasteiger partial charge in [-0.05, 0) is 43.9 Å². The van der Waals surface area contributed by atoms with Crippen LogP contribution in [-0.2, 0) is 24.4 Å². The van der Waals surface area contributed by atoms with Crippen molar-refractivity contribution in [2.75, 3.05) is 19.3 Å². The normalized spacial score (nSPS) is 27.9. The largest absolute Gasteiger partial charge is 0.353 e. The van der Waals surface area contributed by atoms with E-state index in [1.165, 1.54) is 29.8 Å². The lowest BCUT2D eigenvalue weighted by Crippen LogP contribution is -2.58. The Labute approximate surface area is 223 Å². The Balaban J connectivity index is 1.86. The van der Waals surface area contributed by atoms with Gasteiger partial charge in [-0.1, -0.05) is 53.9 Å². The molecule has 2 saturated heterocycles. The Morgan fingerprint density at radius 1 is 1.00 bits per heavy atom. The Morgan fingerprint density at radius 2 is 1.62 bits per heavy atom. The molecular weight excluding hydrogens is 492 g/mol. The zero-order valence-corrected chi connectivity index (χ0v) is 24.6. The maximum atomic E-state index is 14.0. The van der Waals surface area contributed by atoms with Gasteiger partial charge in [0.2, 0.25) is 27.7 Å². The third-order valence-electron chi connectivity index (χ3n) is 8.81. The summed E-state index contributed by atoms with van der Waals surface area (Å²) in [5, 5.41) is 6.14. The van der Waals surface area contributed by atoms with E-state index < -0.39 is 39.5 Å². The fourth-order valence-electron chi connectivity index (χ4n) is 6.28. The van der Waals surface area contributed by atoms with E-state index in [1.807, 2.05) is 41.5 Å². The molecule has 1 aliphatic carbocycles. The molecule has 2 aliphatic heterocycles. The van der Waals surface area contributed by atoms with E-state index in [-0.39, 0.29) is 36.2 Å². The van der Waals surface area contributed by atoms with E-state index in [9.17, 15) is 22.8 Å². The van der Waals surface area contributed by atoms with E-state index in [0.29, 0.717) is 25.3 Å². The summed E-state index contributed by atoms with van der Waals surface area (Å²) in [6.07, 6.45) is 8.04. The van der Waals surface area contributed by atoms with Crippen molar-refractivity contribution in [3.05, 3.63) is 0 Å². The van der Waals surface area contributed by atoms with Crippen LogP contribution in [0, 0.1) is 23.2 Å². The molecule has 0 radical (unpaired) electrons. The summed E-state index contributed by atoms with van der Waals surface area (Å²) >= 11 is 0. The van der Waals surface area contributed by atoms with Gasteiger partial charge >= 0.3 is 0 Å². The summed E-state index contributed by atoms with van der Waals surface area (Å²) in [6.45, 7) is 12.0. The number of likely N-dealkylation sites (tertiary alicyclic amines) is 1. The maximum Gasteiger partial charge on any atom is 0.246 e. The van der Waals surface area contributed by atoms with E-state index in [1.54, 1.807) is 4.90 Å². The number of nitrogens with one attached hydrogen (secondary N) is 2. The molecule has 0 unspecified atom stereocenters. The third-order valence-corrected chi connectivity index (χ3v) is 10.1. The molecule has 3 aliphatic rings. The first-order valence-electron chi connectivity index (χ1n) is 14.0. The molecule has 0 aromatic heterocycles. The molecular formula is C27H48N4O5S. The van der Waals surface area contributed by atoms with Crippen LogP contribution in [-0.4, -0.2) is 78.9 Å². The van der Waals surface area contributed by atoms with Crippen molar-refractivity contribution in [1.82, 2.24) is 19.8 Å². The van der Waals surface area contributed by atoms with Crippen molar-refractivity contribution in [3.63, 3.8) is 0 Å². The summed E-state index contributed by atoms with van der Waals surface area (Å²) in [6, 6.07) is -1.76. The second kappa shape index (κ2) is 11.6. The van der Waals surface area contributed by atoms with Crippen LogP contribution in [0.5, 0.6) is 0 Å². The van der Waals surface area contributed by atoms with E-state index in [4.69, 9.17) is 0 Å². The quantitative estimate of drug-likeness (QED) is 0.491. The van der Waals surface area contributed by atoms with Gasteiger partial charge < -0.3 is 15.5 Å². The van der Waals surface area contributed by atoms with Crippen molar-refractivity contribution in [2.24, 2.45) is 23.2 Å². The molecule has 2 N–H and O–H groups in total. The minimum absolute atomic E-state index is 0.00114. The predicted octanol–water partition coefficient (Wildman–Crippen LogP) is 2.51. The molecule has 3 fully saturated rings. The van der Waals surface area contributed by atoms with Crippen LogP contribution in [0.1, 0.15) is 86.5 Å². The van der Waals surface area contributed by atoms with Crippen LogP contribution in [0.3, 0.4) is 0 Å². The lowest BCUT2D eigenvalue weighted by Gasteiger charge is -2.37. The Morgan fingerprint density at radius 3 is 2.16 bits per heavy atom. The van der Waals surface area contributed by atoms with Gasteiger partial charge in [0.05, 0.1) is 18.2 Å². The lowest BCUT2D eigenvalue weighted by molar-refractivity contribution is -0.142. The molecule has 0 spiro atoms. The highest BCUT2D eigenvalue weighted by Gasteiger charge is 2.56. The summed E-state index contributed by atoms with van der Waals surface area (Å²) in [5.41, 5.74) is -0.555. The second-order valence-corrected chi connectivity index (χ2v) is 14.6. The Kier molecular flexibility index (Phi) is 9.36. The highest BCUT2D eigenvalue weighted by atomic mass is 32.2. The fourth-order valence-corrected chi connectivity index (χ4v) is 7.43. The number of hydrogen-bond donors (Lipinski definition) is 2. The highest BCUT2D eigenvalue weighted by Crippen LogP contribution is 2.39. The fraction of sp³-hybridized carbons (Fsp3) is 0.889. The van der Waals surface area contributed by atoms with Gasteiger partial charge in [-0.3, -0.25) is 14.4 Å². The molecule has 3 amide bonds. The van der Waals surface area contributed by atoms with Crippen LogP contribution in [0.25, 0.3) is 0 Å². The summed E-state index contributed by atoms with van der Waals surface area (Å²) in [7, 11) is -3.56. The van der Waals surface area contributed by atoms with Gasteiger partial charge in [0, 0.05) is 31.1 Å². The van der Waals surface area contributed by atoms with Gasteiger partial charge in [0.25, 0.3) is 0 Å². The molecule has 9 nitrogen and oxygen atoms in total. The monoisotopic (exact) mass is 540 g/mol. The molecule has 3 rings (SSSR count). The average molecular weight is 541 g/mol. The topological polar surface area (TPSA) is 116 Å². The molecule has 0 bridgehead atoms. The van der Waals surface area contributed by atoms with Gasteiger partial charge in [-0.25, -0.2) is 8.42 Å². The number of sulfonamides is 1. The summed E-state index contributed by atoms with van der Waals surface area (Å²) < 4.78 is 26.7. The molecule has 37 heavy (non-hydrogen) atoms. The Hall–Kier alpha value is -1.68. The Bertz CT molecular complexity index is 956. The van der Waals surface area contributed by atoms with Crippen LogP contribution in [0.2, 0.25) is 0 Å². The second-order valence-electron chi connectivity index (χ2n) is 12.6. The smallest absolute Gasteiger partial charge is 0.246 e. The first-order chi connectivity index (χ1) is 17.2. The predicted molar refractivity (Wildman–Crippen MR) is 144 cm³/mol. The summed E-state index contributed by atoms with van der Waals surface area (Å²) in [4.78, 5) is 42.1. The first kappa shape index (κ1) is 29.9. The number of hydrogen-bond acceptors (Lipinski definition) is 5. The van der Waals surface area contributed by atoms with E-state index >= 15 is 0 Å². The van der Waals surface area contributed by atoms with Gasteiger partial charge in [-0.15, -0.1) is 0 Å². The number of rotatable bonds is 8. The summed E-state index contributed by atoms with van der Waals surface area (Å²) in [5.74, 6) is -1.06. The van der Waals surface area contributed by atoms with Crippen LogP contribution < -0.4 is 10.6 Å². The minimum Gasteiger partial charge on any atom is -0.353 e. The van der Waals surface area contributed by atoms with Crippen molar-refractivity contribution in [2.45, 2.75) is 111 Å². The molecule has 10 heteroatoms. The zero-order chi connectivity index (χ0) is 27.7.